The molecule has 1 N–H and O–H groups in total. The summed E-state index contributed by atoms with van der Waals surface area (Å²) in [6.07, 6.45) is 12.4. The van der Waals surface area contributed by atoms with Crippen LogP contribution in [0.2, 0.25) is 0 Å². The maximum atomic E-state index is 11.0. The van der Waals surface area contributed by atoms with E-state index >= 15 is 0 Å². The van der Waals surface area contributed by atoms with Gasteiger partial charge in [0.05, 0.1) is 0 Å². The Kier molecular flexibility index (Phi) is 8.06. The van der Waals surface area contributed by atoms with E-state index in [-0.39, 0.29) is 6.04 Å². The highest BCUT2D eigenvalue weighted by molar-refractivity contribution is 5.73. The molecule has 0 unspecified atom stereocenters. The van der Waals surface area contributed by atoms with Crippen LogP contribution in [-0.4, -0.2) is 35.1 Å². The molecular weight excluding hydrogens is 226 g/mol. The molecule has 0 bridgehead atoms. The van der Waals surface area contributed by atoms with E-state index in [0.29, 0.717) is 0 Å². The van der Waals surface area contributed by atoms with Crippen molar-refractivity contribution in [1.29, 1.82) is 0 Å². The minimum Gasteiger partial charge on any atom is -0.480 e. The third-order valence-corrected chi connectivity index (χ3v) is 3.95. The Hall–Kier alpha value is -0.570. The highest BCUT2D eigenvalue weighted by Crippen LogP contribution is 2.18. The Labute approximate surface area is 112 Å². The molecule has 0 radical (unpaired) electrons. The molecule has 1 heterocycles. The number of hydrogen-bond donors (Lipinski definition) is 1. The lowest BCUT2D eigenvalue weighted by atomic mass is 10.1. The van der Waals surface area contributed by atoms with Gasteiger partial charge in [-0.2, -0.15) is 0 Å². The Morgan fingerprint density at radius 2 is 1.72 bits per heavy atom. The van der Waals surface area contributed by atoms with Gasteiger partial charge in [-0.05, 0) is 32.4 Å². The van der Waals surface area contributed by atoms with Gasteiger partial charge in [0.1, 0.15) is 6.04 Å². The molecule has 0 aromatic carbocycles. The first-order valence-electron chi connectivity index (χ1n) is 7.72. The molecule has 1 rings (SSSR count). The first-order chi connectivity index (χ1) is 8.75. The summed E-state index contributed by atoms with van der Waals surface area (Å²) in [5.74, 6) is -0.632. The Morgan fingerprint density at radius 1 is 1.11 bits per heavy atom. The van der Waals surface area contributed by atoms with Gasteiger partial charge >= 0.3 is 5.97 Å². The average molecular weight is 255 g/mol. The first-order valence-corrected chi connectivity index (χ1v) is 7.72. The van der Waals surface area contributed by atoms with Gasteiger partial charge in [0.15, 0.2) is 0 Å². The number of hydrogen-bond acceptors (Lipinski definition) is 2. The first kappa shape index (κ1) is 15.5. The quantitative estimate of drug-likeness (QED) is 0.605. The Bertz CT molecular complexity index is 231. The van der Waals surface area contributed by atoms with Gasteiger partial charge in [-0.3, -0.25) is 9.69 Å². The smallest absolute Gasteiger partial charge is 0.320 e. The average Bonchev–Trinajstić information content (AvgIpc) is 2.81. The number of carboxylic acids is 1. The van der Waals surface area contributed by atoms with Crippen LogP contribution in [0, 0.1) is 0 Å². The fourth-order valence-electron chi connectivity index (χ4n) is 2.82. The van der Waals surface area contributed by atoms with Crippen molar-refractivity contribution in [3.05, 3.63) is 0 Å². The van der Waals surface area contributed by atoms with Crippen molar-refractivity contribution < 1.29 is 9.90 Å². The molecule has 1 saturated heterocycles. The Morgan fingerprint density at radius 3 is 2.33 bits per heavy atom. The van der Waals surface area contributed by atoms with Crippen molar-refractivity contribution in [3.8, 4) is 0 Å². The van der Waals surface area contributed by atoms with Crippen LogP contribution in [0.5, 0.6) is 0 Å². The zero-order valence-electron chi connectivity index (χ0n) is 11.9. The summed E-state index contributed by atoms with van der Waals surface area (Å²) >= 11 is 0. The highest BCUT2D eigenvalue weighted by atomic mass is 16.4. The van der Waals surface area contributed by atoms with Crippen LogP contribution in [-0.2, 0) is 4.79 Å². The second kappa shape index (κ2) is 9.37. The molecule has 106 valence electrons. The van der Waals surface area contributed by atoms with Gasteiger partial charge in [0.2, 0.25) is 0 Å². The van der Waals surface area contributed by atoms with E-state index in [9.17, 15) is 4.79 Å². The molecule has 0 spiro atoms. The number of unbranched alkanes of at least 4 members (excludes halogenated alkanes) is 7. The van der Waals surface area contributed by atoms with E-state index in [2.05, 4.69) is 11.8 Å². The van der Waals surface area contributed by atoms with Crippen LogP contribution in [0.15, 0.2) is 0 Å². The number of carbonyl (C=O) groups is 1. The van der Waals surface area contributed by atoms with Crippen LogP contribution in [0.1, 0.15) is 71.1 Å². The van der Waals surface area contributed by atoms with Crippen LogP contribution in [0.3, 0.4) is 0 Å². The number of carboxylic acid groups (broad SMARTS) is 1. The largest absolute Gasteiger partial charge is 0.480 e. The number of nitrogens with zero attached hydrogens (tertiary/aromatic N) is 1. The van der Waals surface area contributed by atoms with Crippen molar-refractivity contribution in [2.45, 2.75) is 77.2 Å². The fourth-order valence-corrected chi connectivity index (χ4v) is 2.82. The van der Waals surface area contributed by atoms with E-state index in [1.807, 2.05) is 0 Å². The molecule has 1 aliphatic heterocycles. The maximum absolute atomic E-state index is 11.0. The molecule has 0 aromatic heterocycles. The highest BCUT2D eigenvalue weighted by Gasteiger charge is 2.29. The van der Waals surface area contributed by atoms with Gasteiger partial charge in [-0.1, -0.05) is 51.9 Å². The monoisotopic (exact) mass is 255 g/mol. The number of aliphatic carboxylic acids is 1. The lowest BCUT2D eigenvalue weighted by Gasteiger charge is -2.20. The van der Waals surface area contributed by atoms with Gasteiger partial charge < -0.3 is 5.11 Å². The Balaban J connectivity index is 1.96. The second-order valence-electron chi connectivity index (χ2n) is 5.51. The number of likely N-dealkylation sites (tertiary alicyclic amines) is 1. The van der Waals surface area contributed by atoms with Crippen LogP contribution >= 0.6 is 0 Å². The lowest BCUT2D eigenvalue weighted by Crippen LogP contribution is -2.36. The minimum atomic E-state index is -0.632. The van der Waals surface area contributed by atoms with Crippen molar-refractivity contribution >= 4 is 5.97 Å². The standard InChI is InChI=1S/C15H29NO2/c1-2-3-4-5-6-7-8-9-12-16-13-10-11-14(16)15(17)18/h14H,2-13H2,1H3,(H,17,18)/t14-/m1/s1. The van der Waals surface area contributed by atoms with Crippen LogP contribution < -0.4 is 0 Å². The van der Waals surface area contributed by atoms with E-state index in [0.717, 1.165) is 32.4 Å². The molecule has 1 fully saturated rings. The third-order valence-electron chi connectivity index (χ3n) is 3.95. The van der Waals surface area contributed by atoms with Crippen molar-refractivity contribution in [2.24, 2.45) is 0 Å². The molecule has 1 atom stereocenters. The summed E-state index contributed by atoms with van der Waals surface area (Å²) in [7, 11) is 0. The van der Waals surface area contributed by atoms with Gasteiger partial charge in [-0.25, -0.2) is 0 Å². The van der Waals surface area contributed by atoms with E-state index < -0.39 is 5.97 Å². The maximum Gasteiger partial charge on any atom is 0.320 e. The molecule has 18 heavy (non-hydrogen) atoms. The van der Waals surface area contributed by atoms with Crippen molar-refractivity contribution in [3.63, 3.8) is 0 Å². The molecule has 1 aliphatic rings. The number of rotatable bonds is 10. The van der Waals surface area contributed by atoms with Gasteiger partial charge in [-0.15, -0.1) is 0 Å². The van der Waals surface area contributed by atoms with E-state index in [1.54, 1.807) is 0 Å². The molecular formula is C15H29NO2. The summed E-state index contributed by atoms with van der Waals surface area (Å²) in [6, 6.07) is -0.199. The van der Waals surface area contributed by atoms with E-state index in [4.69, 9.17) is 5.11 Å². The molecule has 3 heteroatoms. The summed E-state index contributed by atoms with van der Waals surface area (Å²) in [4.78, 5) is 13.2. The van der Waals surface area contributed by atoms with Crippen LogP contribution in [0.4, 0.5) is 0 Å². The normalized spacial score (nSPS) is 20.4. The zero-order chi connectivity index (χ0) is 13.2. The molecule has 0 aromatic rings. The van der Waals surface area contributed by atoms with Crippen molar-refractivity contribution in [1.82, 2.24) is 4.90 Å². The molecule has 0 amide bonds. The van der Waals surface area contributed by atoms with E-state index in [1.165, 1.54) is 44.9 Å². The third kappa shape index (κ3) is 5.85. The molecule has 0 saturated carbocycles. The van der Waals surface area contributed by atoms with Crippen LogP contribution in [0.25, 0.3) is 0 Å². The molecule has 3 nitrogen and oxygen atoms in total. The lowest BCUT2D eigenvalue weighted by molar-refractivity contribution is -0.142. The topological polar surface area (TPSA) is 40.5 Å². The second-order valence-corrected chi connectivity index (χ2v) is 5.51. The SMILES string of the molecule is CCCCCCCCCCN1CCC[C@@H]1C(=O)O. The summed E-state index contributed by atoms with van der Waals surface area (Å²) < 4.78 is 0. The predicted molar refractivity (Wildman–Crippen MR) is 74.8 cm³/mol. The van der Waals surface area contributed by atoms with Crippen molar-refractivity contribution in [2.75, 3.05) is 13.1 Å². The minimum absolute atomic E-state index is 0.199. The van der Waals surface area contributed by atoms with Gasteiger partial charge in [0, 0.05) is 0 Å². The summed E-state index contributed by atoms with van der Waals surface area (Å²) in [5, 5.41) is 9.07. The molecule has 0 aliphatic carbocycles. The predicted octanol–water partition coefficient (Wildman–Crippen LogP) is 3.68. The summed E-state index contributed by atoms with van der Waals surface area (Å²) in [5.41, 5.74) is 0. The fraction of sp³-hybridized carbons (Fsp3) is 0.933. The zero-order valence-corrected chi connectivity index (χ0v) is 11.9. The van der Waals surface area contributed by atoms with Gasteiger partial charge in [0.25, 0.3) is 0 Å². The summed E-state index contributed by atoms with van der Waals surface area (Å²) in [6.45, 7) is 4.20.